The van der Waals surface area contributed by atoms with Gasteiger partial charge in [-0.3, -0.25) is 9.69 Å². The van der Waals surface area contributed by atoms with E-state index < -0.39 is 0 Å². The van der Waals surface area contributed by atoms with Gasteiger partial charge in [0.25, 0.3) is 0 Å². The van der Waals surface area contributed by atoms with Crippen LogP contribution in [0.5, 0.6) is 0 Å². The van der Waals surface area contributed by atoms with Crippen LogP contribution in [-0.4, -0.2) is 52.6 Å². The molecule has 0 spiro atoms. The predicted octanol–water partition coefficient (Wildman–Crippen LogP) is 2.14. The average molecular weight is 292 g/mol. The Morgan fingerprint density at radius 2 is 2.24 bits per heavy atom. The molecule has 1 N–H and O–H groups in total. The van der Waals surface area contributed by atoms with Crippen LogP contribution in [0.3, 0.4) is 0 Å². The molecule has 118 valence electrons. The van der Waals surface area contributed by atoms with Crippen molar-refractivity contribution in [2.24, 2.45) is 5.92 Å². The Balaban J connectivity index is 1.59. The second-order valence-electron chi connectivity index (χ2n) is 6.96. The Morgan fingerprint density at radius 3 is 2.81 bits per heavy atom. The molecule has 4 nitrogen and oxygen atoms in total. The second kappa shape index (κ2) is 6.49. The molecule has 1 amide bonds. The van der Waals surface area contributed by atoms with Gasteiger partial charge < -0.3 is 10.0 Å². The van der Waals surface area contributed by atoms with Gasteiger partial charge >= 0.3 is 0 Å². The van der Waals surface area contributed by atoms with E-state index in [4.69, 9.17) is 0 Å². The first-order valence-electron chi connectivity index (χ1n) is 8.56. The van der Waals surface area contributed by atoms with Gasteiger partial charge in [-0.15, -0.1) is 0 Å². The van der Waals surface area contributed by atoms with E-state index in [0.29, 0.717) is 18.5 Å². The third kappa shape index (κ3) is 3.67. The molecule has 4 heteroatoms. The zero-order valence-corrected chi connectivity index (χ0v) is 13.1. The van der Waals surface area contributed by atoms with Crippen molar-refractivity contribution in [2.75, 3.05) is 19.6 Å². The van der Waals surface area contributed by atoms with Crippen LogP contribution in [0.4, 0.5) is 0 Å². The quantitative estimate of drug-likeness (QED) is 0.844. The molecule has 2 unspecified atom stereocenters. The van der Waals surface area contributed by atoms with Crippen LogP contribution in [0.2, 0.25) is 0 Å². The first-order valence-corrected chi connectivity index (χ1v) is 8.56. The summed E-state index contributed by atoms with van der Waals surface area (Å²) in [5, 5.41) is 9.68. The number of aliphatic hydroxyl groups excluding tert-OH is 1. The molecule has 2 fully saturated rings. The Kier molecular flexibility index (Phi) is 4.65. The predicted molar refractivity (Wildman–Crippen MR) is 82.6 cm³/mol. The van der Waals surface area contributed by atoms with Gasteiger partial charge in [0, 0.05) is 18.3 Å². The molecule has 2 aliphatic carbocycles. The molecule has 3 aliphatic rings. The van der Waals surface area contributed by atoms with Crippen LogP contribution in [-0.2, 0) is 4.79 Å². The molecule has 3 rings (SSSR count). The highest BCUT2D eigenvalue weighted by Gasteiger charge is 2.36. The topological polar surface area (TPSA) is 43.8 Å². The minimum atomic E-state index is -0.259. The highest BCUT2D eigenvalue weighted by molar-refractivity contribution is 5.81. The number of carbonyl (C=O) groups excluding carboxylic acids is 1. The van der Waals surface area contributed by atoms with E-state index in [0.717, 1.165) is 32.4 Å². The normalized spacial score (nSPS) is 28.3. The fourth-order valence-corrected chi connectivity index (χ4v) is 3.64. The van der Waals surface area contributed by atoms with E-state index >= 15 is 0 Å². The summed E-state index contributed by atoms with van der Waals surface area (Å²) in [6, 6.07) is 0.469. The summed E-state index contributed by atoms with van der Waals surface area (Å²) in [4.78, 5) is 17.1. The molecule has 1 saturated carbocycles. The number of hydrogen-bond acceptors (Lipinski definition) is 3. The van der Waals surface area contributed by atoms with Crippen molar-refractivity contribution in [1.82, 2.24) is 9.80 Å². The number of nitrogens with zero attached hydrogens (tertiary/aromatic N) is 2. The van der Waals surface area contributed by atoms with Crippen molar-refractivity contribution in [2.45, 2.75) is 64.0 Å². The summed E-state index contributed by atoms with van der Waals surface area (Å²) in [7, 11) is 0. The maximum Gasteiger partial charge on any atom is 0.241 e. The molecule has 2 atom stereocenters. The monoisotopic (exact) mass is 292 g/mol. The molecule has 1 heterocycles. The maximum atomic E-state index is 12.7. The third-order valence-electron chi connectivity index (χ3n) is 5.11. The molecular weight excluding hydrogens is 264 g/mol. The van der Waals surface area contributed by atoms with Crippen molar-refractivity contribution in [3.05, 3.63) is 11.8 Å². The average Bonchev–Trinajstić information content (AvgIpc) is 3.18. The van der Waals surface area contributed by atoms with Crippen molar-refractivity contribution >= 4 is 5.91 Å². The van der Waals surface area contributed by atoms with Gasteiger partial charge in [0.1, 0.15) is 0 Å². The third-order valence-corrected chi connectivity index (χ3v) is 5.11. The molecule has 0 bridgehead atoms. The molecule has 0 aromatic heterocycles. The van der Waals surface area contributed by atoms with E-state index in [9.17, 15) is 9.90 Å². The fraction of sp³-hybridized carbons (Fsp3) is 0.824. The zero-order valence-electron chi connectivity index (χ0n) is 13.1. The zero-order chi connectivity index (χ0) is 14.8. The number of likely N-dealkylation sites (tertiary alicyclic amines) is 1. The van der Waals surface area contributed by atoms with Crippen LogP contribution >= 0.6 is 0 Å². The summed E-state index contributed by atoms with van der Waals surface area (Å²) in [6.07, 6.45) is 10.0. The number of carbonyl (C=O) groups is 1. The van der Waals surface area contributed by atoms with Crippen molar-refractivity contribution in [3.63, 3.8) is 0 Å². The molecule has 1 saturated heterocycles. The Labute approximate surface area is 127 Å². The highest BCUT2D eigenvalue weighted by atomic mass is 16.3. The van der Waals surface area contributed by atoms with Crippen molar-refractivity contribution < 1.29 is 9.90 Å². The summed E-state index contributed by atoms with van der Waals surface area (Å²) >= 11 is 0. The first-order chi connectivity index (χ1) is 10.1. The highest BCUT2D eigenvalue weighted by Crippen LogP contribution is 2.34. The van der Waals surface area contributed by atoms with E-state index in [1.165, 1.54) is 31.4 Å². The molecule has 21 heavy (non-hydrogen) atoms. The van der Waals surface area contributed by atoms with Crippen LogP contribution in [0.25, 0.3) is 0 Å². The van der Waals surface area contributed by atoms with Gasteiger partial charge in [-0.2, -0.15) is 0 Å². The summed E-state index contributed by atoms with van der Waals surface area (Å²) < 4.78 is 0. The Hall–Kier alpha value is -0.870. The second-order valence-corrected chi connectivity index (χ2v) is 6.96. The molecular formula is C17H28N2O2. The van der Waals surface area contributed by atoms with E-state index in [2.05, 4.69) is 15.9 Å². The maximum absolute atomic E-state index is 12.7. The Bertz CT molecular complexity index is 415. The van der Waals surface area contributed by atoms with E-state index in [-0.39, 0.29) is 12.0 Å². The van der Waals surface area contributed by atoms with Gasteiger partial charge in [-0.1, -0.05) is 6.08 Å². The molecule has 0 radical (unpaired) electrons. The van der Waals surface area contributed by atoms with Crippen LogP contribution in [0.1, 0.15) is 51.9 Å². The summed E-state index contributed by atoms with van der Waals surface area (Å²) in [5.74, 6) is 0.609. The SMILES string of the molecule is CC(O)C1CCN(CC(=O)N(C2=CCCCC2)C2CC2)C1. The minimum Gasteiger partial charge on any atom is -0.393 e. The minimum absolute atomic E-state index is 0.259. The smallest absolute Gasteiger partial charge is 0.241 e. The number of hydrogen-bond donors (Lipinski definition) is 1. The lowest BCUT2D eigenvalue weighted by molar-refractivity contribution is -0.131. The molecule has 0 aromatic carbocycles. The number of aliphatic hydroxyl groups is 1. The van der Waals surface area contributed by atoms with Gasteiger partial charge in [0.2, 0.25) is 5.91 Å². The number of rotatable bonds is 5. The summed E-state index contributed by atoms with van der Waals surface area (Å²) in [5.41, 5.74) is 1.28. The summed E-state index contributed by atoms with van der Waals surface area (Å²) in [6.45, 7) is 4.19. The lowest BCUT2D eigenvalue weighted by Crippen LogP contribution is -2.41. The van der Waals surface area contributed by atoms with Gasteiger partial charge in [0.15, 0.2) is 0 Å². The van der Waals surface area contributed by atoms with Crippen molar-refractivity contribution in [3.8, 4) is 0 Å². The van der Waals surface area contributed by atoms with E-state index in [1.54, 1.807) is 0 Å². The van der Waals surface area contributed by atoms with E-state index in [1.807, 2.05) is 6.92 Å². The van der Waals surface area contributed by atoms with Crippen LogP contribution in [0.15, 0.2) is 11.8 Å². The lowest BCUT2D eigenvalue weighted by atomic mass is 10.0. The largest absolute Gasteiger partial charge is 0.393 e. The standard InChI is InChI=1S/C17H28N2O2/c1-13(20)14-9-10-18(11-14)12-17(21)19(16-7-8-16)15-5-3-2-4-6-15/h5,13-14,16,20H,2-4,6-12H2,1H3. The van der Waals surface area contributed by atoms with Crippen LogP contribution < -0.4 is 0 Å². The van der Waals surface area contributed by atoms with Gasteiger partial charge in [-0.25, -0.2) is 0 Å². The Morgan fingerprint density at radius 1 is 1.43 bits per heavy atom. The fourth-order valence-electron chi connectivity index (χ4n) is 3.64. The number of allylic oxidation sites excluding steroid dienone is 2. The molecule has 0 aromatic rings. The number of amides is 1. The van der Waals surface area contributed by atoms with Crippen LogP contribution in [0, 0.1) is 5.92 Å². The van der Waals surface area contributed by atoms with Gasteiger partial charge in [0.05, 0.1) is 12.6 Å². The van der Waals surface area contributed by atoms with Gasteiger partial charge in [-0.05, 0) is 64.3 Å². The molecule has 1 aliphatic heterocycles. The lowest BCUT2D eigenvalue weighted by Gasteiger charge is -2.29. The van der Waals surface area contributed by atoms with Crippen molar-refractivity contribution in [1.29, 1.82) is 0 Å². The first kappa shape index (κ1) is 15.0.